The van der Waals surface area contributed by atoms with Crippen LogP contribution in [0.4, 0.5) is 0 Å². The van der Waals surface area contributed by atoms with Crippen LogP contribution in [0.2, 0.25) is 0 Å². The van der Waals surface area contributed by atoms with Crippen molar-refractivity contribution in [2.45, 2.75) is 214 Å². The molecule has 0 aromatic heterocycles. The molecular weight excluding hydrogens is 935 g/mol. The minimum Gasteiger partial charge on any atom is -0.462 e. The molecule has 1 aliphatic carbocycles. The van der Waals surface area contributed by atoms with Crippen LogP contribution < -0.4 is 16.8 Å². The van der Waals surface area contributed by atoms with Gasteiger partial charge < -0.3 is 86.8 Å². The van der Waals surface area contributed by atoms with E-state index in [1.54, 1.807) is 63.3 Å². The lowest BCUT2D eigenvalue weighted by Crippen LogP contribution is -2.62. The summed E-state index contributed by atoms with van der Waals surface area (Å²) < 4.78 is 23.9. The van der Waals surface area contributed by atoms with Gasteiger partial charge in [-0.25, -0.2) is 0 Å². The molecule has 0 aromatic carbocycles. The van der Waals surface area contributed by atoms with Gasteiger partial charge in [-0.15, -0.1) is 0 Å². The summed E-state index contributed by atoms with van der Waals surface area (Å²) in [7, 11) is 0. The smallest absolute Gasteiger partial charge is 0.308 e. The highest BCUT2D eigenvalue weighted by atomic mass is 16.7. The number of amides is 1. The molecule has 408 valence electrons. The van der Waals surface area contributed by atoms with Gasteiger partial charge in [0.15, 0.2) is 12.1 Å². The van der Waals surface area contributed by atoms with Gasteiger partial charge in [-0.3, -0.25) is 9.59 Å². The van der Waals surface area contributed by atoms with E-state index in [4.69, 9.17) is 30.4 Å². The summed E-state index contributed by atoms with van der Waals surface area (Å²) in [6.07, 6.45) is 7.82. The van der Waals surface area contributed by atoms with Crippen LogP contribution in [0.5, 0.6) is 0 Å². The number of carbonyl (C=O) groups is 2. The minimum absolute atomic E-state index is 0.0946. The Morgan fingerprint density at radius 1 is 0.653 bits per heavy atom. The standard InChI is InChI=1S/C53H85N3O16/c1-31-19-15-13-11-9-7-5-6-8-10-12-14-16-20-38(71-52-50(66)47(55)49(65)34(4)70-52)28-44-46(51(67)56-40-22-18-17-21-39(40)54)43(62)30-53(68,72-44)29-37(59)26-42(61)41(60)24-23-35(57)25-36(58)27-45(63)69-33(3)32(2)48(31)64/h5-16,19-20,31-44,46-50,52,57-62,64-66,68H,17-18,21-30,54-55H2,1-4H3,(H,56,67)/b6-5+,9-7+,10-8+,13-11+,14-12+,19-15+,20-16+/t31-,32-,33-,34+,35+,36+,37-,38-,39+,40+,41+,42+,43-,44-,46+,47-,48+,49+,50-,52-,53+/m0/s1. The van der Waals surface area contributed by atoms with E-state index in [0.29, 0.717) is 12.8 Å². The highest BCUT2D eigenvalue weighted by molar-refractivity contribution is 5.80. The van der Waals surface area contributed by atoms with E-state index in [0.717, 1.165) is 12.8 Å². The van der Waals surface area contributed by atoms with Gasteiger partial charge in [-0.2, -0.15) is 0 Å². The molecule has 21 atom stereocenters. The molecule has 0 aromatic rings. The van der Waals surface area contributed by atoms with E-state index in [1.165, 1.54) is 0 Å². The Hall–Kier alpha value is -3.48. The van der Waals surface area contributed by atoms with Crippen LogP contribution in [0, 0.1) is 17.8 Å². The number of nitrogens with two attached hydrogens (primary N) is 2. The maximum absolute atomic E-state index is 14.2. The molecule has 3 heterocycles. The summed E-state index contributed by atoms with van der Waals surface area (Å²) in [5.74, 6) is -5.60. The SMILES string of the molecule is C[C@@H]1[C@H](O)[C@@H](C)/C=C/C=C/C=C/C=C/C=C/C=C/C=C/[C@H](O[C@@H]2O[C@H](C)[C@@H](O)[C@H](N)[C@@H]2O)C[C@@H]2O[C@](O)(C[C@@H](O)C[C@@H](O)[C@H](O)CC[C@@H](O)C[C@@H](O)CC(=O)O[C@H]1C)C[C@H](O)[C@H]2C(=O)N[C@@H]1CCCC[C@H]1N. The summed E-state index contributed by atoms with van der Waals surface area (Å²) in [4.78, 5) is 26.9. The van der Waals surface area contributed by atoms with Crippen LogP contribution in [0.15, 0.2) is 85.1 Å². The molecule has 4 rings (SSSR count). The van der Waals surface area contributed by atoms with Crippen LogP contribution in [0.3, 0.4) is 0 Å². The fraction of sp³-hybridized carbons (Fsp3) is 0.698. The predicted molar refractivity (Wildman–Crippen MR) is 268 cm³/mol. The van der Waals surface area contributed by atoms with Gasteiger partial charge in [0.2, 0.25) is 5.91 Å². The zero-order chi connectivity index (χ0) is 53.1. The molecular formula is C53H85N3O16. The maximum Gasteiger partial charge on any atom is 0.308 e. The fourth-order valence-corrected chi connectivity index (χ4v) is 9.61. The van der Waals surface area contributed by atoms with Crippen molar-refractivity contribution in [2.75, 3.05) is 0 Å². The summed E-state index contributed by atoms with van der Waals surface area (Å²) in [5.41, 5.74) is 12.5. The van der Waals surface area contributed by atoms with Crippen LogP contribution in [0.1, 0.15) is 105 Å². The fourth-order valence-electron chi connectivity index (χ4n) is 9.61. The predicted octanol–water partition coefficient (Wildman–Crippen LogP) is 1.01. The molecule has 3 aliphatic heterocycles. The number of hydrogen-bond donors (Lipinski definition) is 13. The number of hydrogen-bond acceptors (Lipinski definition) is 18. The highest BCUT2D eigenvalue weighted by Gasteiger charge is 2.51. The van der Waals surface area contributed by atoms with Crippen LogP contribution in [-0.2, 0) is 28.5 Å². The Bertz CT molecular complexity index is 1860. The molecule has 1 amide bonds. The molecule has 19 heteroatoms. The van der Waals surface area contributed by atoms with E-state index in [-0.39, 0.29) is 43.7 Å². The number of cyclic esters (lactones) is 1. The molecule has 4 aliphatic rings. The van der Waals surface area contributed by atoms with Crippen molar-refractivity contribution in [3.63, 3.8) is 0 Å². The van der Waals surface area contributed by atoms with Gasteiger partial charge in [0, 0.05) is 49.6 Å². The molecule has 3 fully saturated rings. The first kappa shape index (κ1) is 61.1. The highest BCUT2D eigenvalue weighted by Crippen LogP contribution is 2.38. The third kappa shape index (κ3) is 19.7. The zero-order valence-corrected chi connectivity index (χ0v) is 42.2. The lowest BCUT2D eigenvalue weighted by molar-refractivity contribution is -0.307. The van der Waals surface area contributed by atoms with Gasteiger partial charge in [-0.1, -0.05) is 112 Å². The summed E-state index contributed by atoms with van der Waals surface area (Å²) in [5, 5.41) is 113. The van der Waals surface area contributed by atoms with Crippen molar-refractivity contribution in [1.82, 2.24) is 5.32 Å². The zero-order valence-electron chi connectivity index (χ0n) is 42.2. The van der Waals surface area contributed by atoms with E-state index in [1.807, 2.05) is 49.5 Å². The topological polar surface area (TPSA) is 337 Å². The van der Waals surface area contributed by atoms with Crippen molar-refractivity contribution in [1.29, 1.82) is 0 Å². The van der Waals surface area contributed by atoms with E-state index in [9.17, 15) is 60.7 Å². The van der Waals surface area contributed by atoms with E-state index >= 15 is 0 Å². The number of nitrogens with one attached hydrogen (secondary N) is 1. The first-order chi connectivity index (χ1) is 34.1. The Morgan fingerprint density at radius 2 is 1.25 bits per heavy atom. The number of rotatable bonds is 4. The molecule has 2 bridgehead atoms. The van der Waals surface area contributed by atoms with Gasteiger partial charge in [0.25, 0.3) is 0 Å². The average Bonchev–Trinajstić information content (AvgIpc) is 3.30. The van der Waals surface area contributed by atoms with Crippen molar-refractivity contribution in [3.8, 4) is 0 Å². The van der Waals surface area contributed by atoms with E-state index in [2.05, 4.69) is 5.32 Å². The van der Waals surface area contributed by atoms with Gasteiger partial charge in [-0.05, 0) is 46.0 Å². The summed E-state index contributed by atoms with van der Waals surface area (Å²) in [6.45, 7) is 6.81. The number of carbonyl (C=O) groups excluding carboxylic acids is 2. The number of esters is 1. The quantitative estimate of drug-likeness (QED) is 0.175. The third-order valence-corrected chi connectivity index (χ3v) is 14.2. The normalized spacial score (nSPS) is 45.5. The second-order valence-electron chi connectivity index (χ2n) is 20.3. The lowest BCUT2D eigenvalue weighted by atomic mass is 9.81. The Morgan fingerprint density at radius 3 is 1.88 bits per heavy atom. The molecule has 1 saturated carbocycles. The van der Waals surface area contributed by atoms with E-state index < -0.39 is 147 Å². The molecule has 0 unspecified atom stereocenters. The number of allylic oxidation sites excluding steroid dienone is 12. The van der Waals surface area contributed by atoms with Crippen LogP contribution in [0.25, 0.3) is 0 Å². The second kappa shape index (κ2) is 30.2. The average molecular weight is 1020 g/mol. The lowest BCUT2D eigenvalue weighted by Gasteiger charge is -2.46. The minimum atomic E-state index is -2.28. The number of aliphatic hydroxyl groups excluding tert-OH is 9. The second-order valence-corrected chi connectivity index (χ2v) is 20.3. The third-order valence-electron chi connectivity index (χ3n) is 14.2. The number of fused-ring (bicyclic) bond motifs is 2. The number of ether oxygens (including phenoxy) is 4. The molecule has 0 radical (unpaired) electrons. The Balaban J connectivity index is 1.61. The Kier molecular flexibility index (Phi) is 25.6. The van der Waals surface area contributed by atoms with Gasteiger partial charge >= 0.3 is 5.97 Å². The molecule has 2 saturated heterocycles. The summed E-state index contributed by atoms with van der Waals surface area (Å²) in [6, 6.07) is -1.85. The molecule has 15 N–H and O–H groups in total. The van der Waals surface area contributed by atoms with Crippen molar-refractivity contribution < 1.29 is 79.6 Å². The van der Waals surface area contributed by atoms with Crippen molar-refractivity contribution in [2.24, 2.45) is 29.2 Å². The van der Waals surface area contributed by atoms with Crippen LogP contribution >= 0.6 is 0 Å². The first-order valence-corrected chi connectivity index (χ1v) is 25.6. The molecule has 0 spiro atoms. The molecule has 19 nitrogen and oxygen atoms in total. The van der Waals surface area contributed by atoms with Crippen molar-refractivity contribution in [3.05, 3.63) is 85.1 Å². The van der Waals surface area contributed by atoms with Crippen LogP contribution in [-0.4, -0.2) is 172 Å². The van der Waals surface area contributed by atoms with Crippen molar-refractivity contribution >= 4 is 11.9 Å². The molecule has 72 heavy (non-hydrogen) atoms. The largest absolute Gasteiger partial charge is 0.462 e. The maximum atomic E-state index is 14.2. The van der Waals surface area contributed by atoms with Gasteiger partial charge in [0.1, 0.15) is 12.2 Å². The monoisotopic (exact) mass is 1020 g/mol. The number of aliphatic hydroxyl groups is 10. The Labute approximate surface area is 424 Å². The first-order valence-electron chi connectivity index (χ1n) is 25.6. The summed E-state index contributed by atoms with van der Waals surface area (Å²) >= 11 is 0. The van der Waals surface area contributed by atoms with Gasteiger partial charge in [0.05, 0.1) is 85.5 Å².